The molecule has 1 rings (SSSR count). The fourth-order valence-electron chi connectivity index (χ4n) is 0.902. The van der Waals surface area contributed by atoms with Gasteiger partial charge in [-0.15, -0.1) is 0 Å². The van der Waals surface area contributed by atoms with E-state index in [0.29, 0.717) is 13.1 Å². The number of hydrogen-bond acceptors (Lipinski definition) is 2. The van der Waals surface area contributed by atoms with Crippen LogP contribution in [0.2, 0.25) is 0 Å². The maximum absolute atomic E-state index is 10.9. The number of nitrogens with zero attached hydrogens (tertiary/aromatic N) is 2. The summed E-state index contributed by atoms with van der Waals surface area (Å²) in [6.07, 6.45) is 3.55. The van der Waals surface area contributed by atoms with Crippen molar-refractivity contribution in [2.45, 2.75) is 13.5 Å². The highest BCUT2D eigenvalue weighted by Gasteiger charge is 1.96. The van der Waals surface area contributed by atoms with Crippen molar-refractivity contribution in [3.63, 3.8) is 0 Å². The van der Waals surface area contributed by atoms with Crippen molar-refractivity contribution in [1.29, 1.82) is 0 Å². The molecule has 1 aromatic heterocycles. The number of carbonyl (C=O) groups excluding carboxylic acids is 1. The van der Waals surface area contributed by atoms with Crippen LogP contribution in [0.4, 0.5) is 0 Å². The average molecular weight is 256 g/mol. The first kappa shape index (κ1) is 10.8. The normalized spacial score (nSPS) is 9.00. The number of rotatable bonds is 3. The van der Waals surface area contributed by atoms with E-state index >= 15 is 0 Å². The van der Waals surface area contributed by atoms with Crippen LogP contribution in [0.3, 0.4) is 0 Å². The fraction of sp³-hybridized carbons (Fsp3) is 0.333. The molecule has 0 bridgehead atoms. The highest BCUT2D eigenvalue weighted by molar-refractivity contribution is 9.10. The van der Waals surface area contributed by atoms with E-state index in [1.807, 2.05) is 6.20 Å². The van der Waals surface area contributed by atoms with E-state index in [1.165, 1.54) is 0 Å². The molecular weight excluding hydrogens is 246 g/mol. The summed E-state index contributed by atoms with van der Waals surface area (Å²) in [6, 6.07) is 0. The van der Waals surface area contributed by atoms with Gasteiger partial charge in [-0.1, -0.05) is 5.92 Å². The van der Waals surface area contributed by atoms with Gasteiger partial charge in [-0.3, -0.25) is 9.48 Å². The fourth-order valence-corrected chi connectivity index (χ4v) is 1.23. The Balaban J connectivity index is 2.27. The van der Waals surface area contributed by atoms with Crippen LogP contribution in [0, 0.1) is 11.8 Å². The first-order valence-electron chi connectivity index (χ1n) is 4.11. The minimum absolute atomic E-state index is 0.251. The predicted molar refractivity (Wildman–Crippen MR) is 56.4 cm³/mol. The summed E-state index contributed by atoms with van der Waals surface area (Å²) in [6.45, 7) is 2.80. The van der Waals surface area contributed by atoms with Crippen molar-refractivity contribution in [3.05, 3.63) is 16.9 Å². The molecule has 0 saturated carbocycles. The number of halogens is 1. The van der Waals surface area contributed by atoms with Gasteiger partial charge in [0.25, 0.3) is 5.91 Å². The Kier molecular flexibility index (Phi) is 4.20. The first-order valence-corrected chi connectivity index (χ1v) is 4.90. The zero-order chi connectivity index (χ0) is 10.4. The molecule has 0 spiro atoms. The predicted octanol–water partition coefficient (Wildman–Crippen LogP) is 0.785. The molecule has 1 amide bonds. The summed E-state index contributed by atoms with van der Waals surface area (Å²) in [4.78, 5) is 10.9. The van der Waals surface area contributed by atoms with Gasteiger partial charge in [0.1, 0.15) is 0 Å². The van der Waals surface area contributed by atoms with Crippen LogP contribution in [0.25, 0.3) is 0 Å². The van der Waals surface area contributed by atoms with Gasteiger partial charge < -0.3 is 5.32 Å². The Morgan fingerprint density at radius 3 is 3.14 bits per heavy atom. The highest BCUT2D eigenvalue weighted by Crippen LogP contribution is 2.05. The molecular formula is C9H10BrN3O. The lowest BCUT2D eigenvalue weighted by atomic mass is 10.5. The molecule has 0 radical (unpaired) electrons. The second-order valence-corrected chi connectivity index (χ2v) is 3.47. The molecule has 0 aliphatic carbocycles. The molecule has 0 aliphatic rings. The molecule has 0 unspecified atom stereocenters. The average Bonchev–Trinajstić information content (AvgIpc) is 2.52. The van der Waals surface area contributed by atoms with E-state index in [0.717, 1.165) is 4.47 Å². The lowest BCUT2D eigenvalue weighted by Crippen LogP contribution is -2.25. The summed E-state index contributed by atoms with van der Waals surface area (Å²) in [7, 11) is 0. The Morgan fingerprint density at radius 2 is 2.57 bits per heavy atom. The molecule has 74 valence electrons. The molecule has 1 heterocycles. The van der Waals surface area contributed by atoms with Crippen molar-refractivity contribution in [2.75, 3.05) is 6.54 Å². The molecule has 0 aromatic carbocycles. The minimum Gasteiger partial charge on any atom is -0.343 e. The molecule has 1 aromatic rings. The topological polar surface area (TPSA) is 46.9 Å². The van der Waals surface area contributed by atoms with Gasteiger partial charge >= 0.3 is 0 Å². The Morgan fingerprint density at radius 1 is 1.79 bits per heavy atom. The first-order chi connectivity index (χ1) is 6.72. The summed E-state index contributed by atoms with van der Waals surface area (Å²) >= 11 is 3.28. The molecule has 0 aliphatic heterocycles. The Labute approximate surface area is 90.8 Å². The Hall–Kier alpha value is -1.28. The third kappa shape index (κ3) is 3.62. The van der Waals surface area contributed by atoms with E-state index in [4.69, 9.17) is 0 Å². The zero-order valence-corrected chi connectivity index (χ0v) is 9.34. The lowest BCUT2D eigenvalue weighted by molar-refractivity contribution is -0.115. The number of carbonyl (C=O) groups is 1. The smallest absolute Gasteiger partial charge is 0.295 e. The van der Waals surface area contributed by atoms with Crippen molar-refractivity contribution in [1.82, 2.24) is 15.1 Å². The third-order valence-electron chi connectivity index (χ3n) is 1.47. The summed E-state index contributed by atoms with van der Waals surface area (Å²) in [5.74, 6) is 4.68. The monoisotopic (exact) mass is 255 g/mol. The van der Waals surface area contributed by atoms with Crippen molar-refractivity contribution >= 4 is 21.8 Å². The van der Waals surface area contributed by atoms with E-state index in [1.54, 1.807) is 17.8 Å². The van der Waals surface area contributed by atoms with Gasteiger partial charge in [-0.05, 0) is 28.8 Å². The summed E-state index contributed by atoms with van der Waals surface area (Å²) < 4.78 is 2.67. The molecule has 0 atom stereocenters. The largest absolute Gasteiger partial charge is 0.343 e. The van der Waals surface area contributed by atoms with Gasteiger partial charge in [0, 0.05) is 12.7 Å². The second kappa shape index (κ2) is 5.45. The summed E-state index contributed by atoms with van der Waals surface area (Å²) in [5.41, 5.74) is 0. The molecule has 14 heavy (non-hydrogen) atoms. The van der Waals surface area contributed by atoms with Crippen molar-refractivity contribution in [3.8, 4) is 11.8 Å². The highest BCUT2D eigenvalue weighted by atomic mass is 79.9. The number of aromatic nitrogens is 2. The second-order valence-electron chi connectivity index (χ2n) is 2.55. The SMILES string of the molecule is CC#CC(=O)NCCn1cc(Br)cn1. The Bertz CT molecular complexity index is 375. The van der Waals surface area contributed by atoms with Gasteiger partial charge in [-0.25, -0.2) is 0 Å². The molecule has 0 saturated heterocycles. The zero-order valence-electron chi connectivity index (χ0n) is 7.75. The van der Waals surface area contributed by atoms with Crippen LogP contribution in [0.1, 0.15) is 6.92 Å². The standard InChI is InChI=1S/C9H10BrN3O/c1-2-3-9(14)11-4-5-13-7-8(10)6-12-13/h6-7H,4-5H2,1H3,(H,11,14). The molecule has 4 nitrogen and oxygen atoms in total. The van der Waals surface area contributed by atoms with Crippen LogP contribution in [0.5, 0.6) is 0 Å². The molecule has 1 N–H and O–H groups in total. The van der Waals surface area contributed by atoms with E-state index in [-0.39, 0.29) is 5.91 Å². The van der Waals surface area contributed by atoms with Gasteiger partial charge in [0.15, 0.2) is 0 Å². The van der Waals surface area contributed by atoms with Gasteiger partial charge in [-0.2, -0.15) is 5.10 Å². The van der Waals surface area contributed by atoms with E-state index < -0.39 is 0 Å². The lowest BCUT2D eigenvalue weighted by Gasteiger charge is -2.00. The van der Waals surface area contributed by atoms with Crippen LogP contribution < -0.4 is 5.32 Å². The van der Waals surface area contributed by atoms with Crippen molar-refractivity contribution < 1.29 is 4.79 Å². The van der Waals surface area contributed by atoms with E-state index in [2.05, 4.69) is 38.2 Å². The van der Waals surface area contributed by atoms with Crippen LogP contribution in [-0.2, 0) is 11.3 Å². The molecule has 0 fully saturated rings. The van der Waals surface area contributed by atoms with E-state index in [9.17, 15) is 4.79 Å². The maximum Gasteiger partial charge on any atom is 0.295 e. The maximum atomic E-state index is 10.9. The number of hydrogen-bond donors (Lipinski definition) is 1. The number of amides is 1. The van der Waals surface area contributed by atoms with Gasteiger partial charge in [0.05, 0.1) is 17.2 Å². The van der Waals surface area contributed by atoms with Crippen LogP contribution in [0.15, 0.2) is 16.9 Å². The minimum atomic E-state index is -0.251. The molecule has 5 heteroatoms. The quantitative estimate of drug-likeness (QED) is 0.812. The summed E-state index contributed by atoms with van der Waals surface area (Å²) in [5, 5.41) is 6.69. The van der Waals surface area contributed by atoms with Crippen LogP contribution in [-0.4, -0.2) is 22.2 Å². The third-order valence-corrected chi connectivity index (χ3v) is 1.88. The van der Waals surface area contributed by atoms with Gasteiger partial charge in [0.2, 0.25) is 0 Å². The van der Waals surface area contributed by atoms with Crippen molar-refractivity contribution in [2.24, 2.45) is 0 Å². The number of nitrogens with one attached hydrogen (secondary N) is 1. The van der Waals surface area contributed by atoms with Crippen LogP contribution >= 0.6 is 15.9 Å².